The van der Waals surface area contributed by atoms with E-state index in [-0.39, 0.29) is 0 Å². The van der Waals surface area contributed by atoms with E-state index in [2.05, 4.69) is 20.4 Å². The van der Waals surface area contributed by atoms with Crippen molar-refractivity contribution in [2.75, 3.05) is 5.73 Å². The maximum Gasteiger partial charge on any atom is 0.205 e. The number of anilines is 1. The van der Waals surface area contributed by atoms with Gasteiger partial charge in [0.05, 0.1) is 11.9 Å². The molecular weight excluding hydrogens is 254 g/mol. The van der Waals surface area contributed by atoms with Crippen molar-refractivity contribution in [3.63, 3.8) is 0 Å². The number of aromatic nitrogens is 5. The van der Waals surface area contributed by atoms with E-state index in [1.54, 1.807) is 0 Å². The Labute approximate surface area is 114 Å². The van der Waals surface area contributed by atoms with Gasteiger partial charge in [-0.05, 0) is 11.3 Å². The number of nitrogen functional groups attached to an aromatic ring is 1. The lowest BCUT2D eigenvalue weighted by Crippen LogP contribution is -2.05. The van der Waals surface area contributed by atoms with E-state index < -0.39 is 0 Å². The van der Waals surface area contributed by atoms with Crippen LogP contribution in [0.25, 0.3) is 17.2 Å². The molecule has 0 unspecified atom stereocenters. The highest BCUT2D eigenvalue weighted by molar-refractivity contribution is 5.54. The third-order valence-corrected chi connectivity index (χ3v) is 2.64. The normalized spacial score (nSPS) is 10.2. The zero-order valence-electron chi connectivity index (χ0n) is 10.3. The van der Waals surface area contributed by atoms with E-state index in [1.807, 2.05) is 36.4 Å². The van der Waals surface area contributed by atoms with Crippen LogP contribution in [0.3, 0.4) is 0 Å². The first-order valence-corrected chi connectivity index (χ1v) is 5.79. The Balaban J connectivity index is 2.05. The first-order chi connectivity index (χ1) is 9.78. The third-order valence-electron chi connectivity index (χ3n) is 2.64. The first-order valence-electron chi connectivity index (χ1n) is 5.79. The van der Waals surface area contributed by atoms with Gasteiger partial charge in [0.2, 0.25) is 5.82 Å². The minimum atomic E-state index is 0.294. The molecule has 0 atom stereocenters. The molecule has 0 saturated heterocycles. The molecule has 0 bridgehead atoms. The molecule has 2 aromatic heterocycles. The molecule has 0 saturated carbocycles. The van der Waals surface area contributed by atoms with Gasteiger partial charge >= 0.3 is 0 Å². The molecule has 20 heavy (non-hydrogen) atoms. The molecule has 0 spiro atoms. The van der Waals surface area contributed by atoms with E-state index >= 15 is 0 Å². The Kier molecular flexibility index (Phi) is 2.82. The minimum Gasteiger partial charge on any atom is -0.397 e. The fraction of sp³-hybridized carbons (Fsp3) is 0. The summed E-state index contributed by atoms with van der Waals surface area (Å²) in [4.78, 5) is 5.30. The van der Waals surface area contributed by atoms with Crippen molar-refractivity contribution in [3.8, 4) is 23.3 Å². The summed E-state index contributed by atoms with van der Waals surface area (Å²) in [5.41, 5.74) is 7.14. The Hall–Kier alpha value is -3.27. The van der Waals surface area contributed by atoms with Crippen molar-refractivity contribution < 1.29 is 0 Å². The topological polar surface area (TPSA) is 106 Å². The molecule has 2 heterocycles. The molecule has 0 radical (unpaired) electrons. The maximum atomic E-state index is 9.09. The van der Waals surface area contributed by atoms with Crippen LogP contribution in [0.1, 0.15) is 5.56 Å². The second kappa shape index (κ2) is 4.78. The van der Waals surface area contributed by atoms with Gasteiger partial charge < -0.3 is 5.73 Å². The number of rotatable bonds is 2. The van der Waals surface area contributed by atoms with Crippen molar-refractivity contribution in [1.29, 1.82) is 5.26 Å². The van der Waals surface area contributed by atoms with E-state index in [0.29, 0.717) is 22.9 Å². The minimum absolute atomic E-state index is 0.294. The van der Waals surface area contributed by atoms with Crippen LogP contribution >= 0.6 is 0 Å². The van der Waals surface area contributed by atoms with Crippen LogP contribution in [0.4, 0.5) is 5.69 Å². The summed E-state index contributed by atoms with van der Waals surface area (Å²) in [7, 11) is 0. The number of pyridine rings is 1. The molecule has 3 aromatic rings. The zero-order valence-corrected chi connectivity index (χ0v) is 10.3. The molecule has 0 fully saturated rings. The van der Waals surface area contributed by atoms with Gasteiger partial charge in [0.15, 0.2) is 5.82 Å². The molecule has 0 aliphatic carbocycles. The number of hydrogen-bond donors (Lipinski definition) is 1. The van der Waals surface area contributed by atoms with Gasteiger partial charge in [-0.2, -0.15) is 5.26 Å². The van der Waals surface area contributed by atoms with Gasteiger partial charge in [-0.1, -0.05) is 30.3 Å². The molecule has 2 N–H and O–H groups in total. The van der Waals surface area contributed by atoms with Crippen LogP contribution in [0.5, 0.6) is 0 Å². The molecule has 7 heteroatoms. The number of tetrazole rings is 1. The van der Waals surface area contributed by atoms with Crippen molar-refractivity contribution in [2.24, 2.45) is 0 Å². The maximum absolute atomic E-state index is 9.09. The quantitative estimate of drug-likeness (QED) is 0.744. The van der Waals surface area contributed by atoms with Crippen LogP contribution in [0, 0.1) is 11.3 Å². The van der Waals surface area contributed by atoms with Crippen molar-refractivity contribution in [3.05, 3.63) is 48.2 Å². The predicted octanol–water partition coefficient (Wildman–Crippen LogP) is 1.18. The molecule has 3 rings (SSSR count). The summed E-state index contributed by atoms with van der Waals surface area (Å²) in [5.74, 6) is 0.768. The summed E-state index contributed by atoms with van der Waals surface area (Å²) in [6, 6.07) is 13.0. The third kappa shape index (κ3) is 2.06. The van der Waals surface area contributed by atoms with Crippen LogP contribution < -0.4 is 5.73 Å². The molecular formula is C13H9N7. The van der Waals surface area contributed by atoms with E-state index in [4.69, 9.17) is 11.0 Å². The van der Waals surface area contributed by atoms with Gasteiger partial charge in [0.25, 0.3) is 0 Å². The molecule has 1 aromatic carbocycles. The van der Waals surface area contributed by atoms with Gasteiger partial charge in [-0.25, -0.2) is 4.98 Å². The molecule has 0 aliphatic rings. The lowest BCUT2D eigenvalue weighted by Gasteiger charge is -2.00. The first kappa shape index (κ1) is 11.8. The summed E-state index contributed by atoms with van der Waals surface area (Å²) < 4.78 is 0. The average molecular weight is 263 g/mol. The van der Waals surface area contributed by atoms with E-state index in [0.717, 1.165) is 5.56 Å². The second-order valence-electron chi connectivity index (χ2n) is 4.02. The smallest absolute Gasteiger partial charge is 0.205 e. The Bertz CT molecular complexity index is 786. The highest BCUT2D eigenvalue weighted by Gasteiger charge is 2.12. The standard InChI is InChI=1S/C13H9N7/c14-7-10-6-11(15)8-16-13(10)20-18-12(17-19-20)9-4-2-1-3-5-9/h1-6,8H,15H2. The van der Waals surface area contributed by atoms with Crippen LogP contribution in [0.2, 0.25) is 0 Å². The number of nitrogens with two attached hydrogens (primary N) is 1. The van der Waals surface area contributed by atoms with Crippen LogP contribution in [-0.4, -0.2) is 25.2 Å². The summed E-state index contributed by atoms with van der Waals surface area (Å²) in [6.45, 7) is 0. The number of benzene rings is 1. The van der Waals surface area contributed by atoms with Crippen molar-refractivity contribution in [1.82, 2.24) is 25.2 Å². The molecule has 0 aliphatic heterocycles. The Morgan fingerprint density at radius 2 is 2.00 bits per heavy atom. The zero-order chi connectivity index (χ0) is 13.9. The lowest BCUT2D eigenvalue weighted by atomic mass is 10.2. The summed E-state index contributed by atoms with van der Waals surface area (Å²) in [5, 5.41) is 21.2. The van der Waals surface area contributed by atoms with Gasteiger partial charge in [0.1, 0.15) is 11.6 Å². The highest BCUT2D eigenvalue weighted by Crippen LogP contribution is 2.15. The van der Waals surface area contributed by atoms with Crippen LogP contribution in [-0.2, 0) is 0 Å². The van der Waals surface area contributed by atoms with Gasteiger partial charge in [0, 0.05) is 5.56 Å². The van der Waals surface area contributed by atoms with E-state index in [9.17, 15) is 0 Å². The molecule has 7 nitrogen and oxygen atoms in total. The number of nitriles is 1. The largest absolute Gasteiger partial charge is 0.397 e. The number of nitrogens with zero attached hydrogens (tertiary/aromatic N) is 6. The molecule has 96 valence electrons. The second-order valence-corrected chi connectivity index (χ2v) is 4.02. The molecule has 0 amide bonds. The summed E-state index contributed by atoms with van der Waals surface area (Å²) in [6.07, 6.45) is 1.45. The lowest BCUT2D eigenvalue weighted by molar-refractivity contribution is 0.699. The predicted molar refractivity (Wildman–Crippen MR) is 71.5 cm³/mol. The fourth-order valence-corrected chi connectivity index (χ4v) is 1.72. The highest BCUT2D eigenvalue weighted by atomic mass is 15.6. The Morgan fingerprint density at radius 3 is 2.75 bits per heavy atom. The van der Waals surface area contributed by atoms with E-state index in [1.165, 1.54) is 17.1 Å². The SMILES string of the molecule is N#Cc1cc(N)cnc1-n1nnc(-c2ccccc2)n1. The monoisotopic (exact) mass is 263 g/mol. The van der Waals surface area contributed by atoms with Gasteiger partial charge in [-0.3, -0.25) is 0 Å². The number of hydrogen-bond acceptors (Lipinski definition) is 6. The summed E-state index contributed by atoms with van der Waals surface area (Å²) >= 11 is 0. The van der Waals surface area contributed by atoms with Crippen molar-refractivity contribution in [2.45, 2.75) is 0 Å². The Morgan fingerprint density at radius 1 is 1.20 bits per heavy atom. The average Bonchev–Trinajstić information content (AvgIpc) is 2.97. The van der Waals surface area contributed by atoms with Crippen LogP contribution in [0.15, 0.2) is 42.6 Å². The van der Waals surface area contributed by atoms with Crippen molar-refractivity contribution >= 4 is 5.69 Å². The van der Waals surface area contributed by atoms with Gasteiger partial charge in [-0.15, -0.1) is 15.0 Å². The fourth-order valence-electron chi connectivity index (χ4n) is 1.72.